The zero-order valence-corrected chi connectivity index (χ0v) is 11.6. The van der Waals surface area contributed by atoms with Gasteiger partial charge in [0.05, 0.1) is 17.6 Å². The van der Waals surface area contributed by atoms with Crippen molar-refractivity contribution in [3.05, 3.63) is 39.0 Å². The second-order valence-electron chi connectivity index (χ2n) is 3.57. The van der Waals surface area contributed by atoms with E-state index in [2.05, 4.69) is 25.7 Å². The number of fused-ring (bicyclic) bond motifs is 1. The first kappa shape index (κ1) is 12.3. The molecule has 0 unspecified atom stereocenters. The molecule has 1 heterocycles. The topological polar surface area (TPSA) is 39.2 Å². The Balaban J connectivity index is 2.82. The third kappa shape index (κ3) is 2.15. The number of halogens is 2. The number of carbonyl (C=O) groups excluding carboxylic acids is 1. The molecule has 0 bridgehead atoms. The van der Waals surface area contributed by atoms with Gasteiger partial charge in [0.2, 0.25) is 0 Å². The Bertz CT molecular complexity index is 613. The first-order chi connectivity index (χ1) is 8.04. The molecular formula is C12H9BrClNO2. The van der Waals surface area contributed by atoms with Crippen molar-refractivity contribution in [2.45, 2.75) is 6.92 Å². The first-order valence-electron chi connectivity index (χ1n) is 4.88. The molecule has 0 saturated carbocycles. The van der Waals surface area contributed by atoms with Crippen molar-refractivity contribution in [3.8, 4) is 0 Å². The standard InChI is InChI=1S/C12H9BrClNO2/c1-6-3-4-7(13)11-10(6)8(14)5-9(15-11)12(16)17-2/h3-5H,1-2H3. The maximum absolute atomic E-state index is 11.4. The summed E-state index contributed by atoms with van der Waals surface area (Å²) >= 11 is 9.57. The number of esters is 1. The molecule has 0 fully saturated rings. The van der Waals surface area contributed by atoms with E-state index in [-0.39, 0.29) is 5.69 Å². The summed E-state index contributed by atoms with van der Waals surface area (Å²) in [7, 11) is 1.31. The van der Waals surface area contributed by atoms with Gasteiger partial charge in [-0.25, -0.2) is 9.78 Å². The molecule has 2 aromatic rings. The molecule has 2 rings (SSSR count). The quantitative estimate of drug-likeness (QED) is 0.753. The van der Waals surface area contributed by atoms with Crippen LogP contribution >= 0.6 is 27.5 Å². The molecule has 1 aromatic carbocycles. The van der Waals surface area contributed by atoms with E-state index in [0.717, 1.165) is 15.4 Å². The number of ether oxygens (including phenoxy) is 1. The Morgan fingerprint density at radius 3 is 2.82 bits per heavy atom. The molecule has 0 saturated heterocycles. The molecule has 3 nitrogen and oxygen atoms in total. The fourth-order valence-corrected chi connectivity index (χ4v) is 2.39. The molecule has 0 aliphatic rings. The predicted molar refractivity (Wildman–Crippen MR) is 70.5 cm³/mol. The molecule has 0 spiro atoms. The SMILES string of the molecule is COC(=O)c1cc(Cl)c2c(C)ccc(Br)c2n1. The lowest BCUT2D eigenvalue weighted by molar-refractivity contribution is 0.0594. The second-order valence-corrected chi connectivity index (χ2v) is 4.83. The summed E-state index contributed by atoms with van der Waals surface area (Å²) in [5.41, 5.74) is 1.88. The van der Waals surface area contributed by atoms with Crippen LogP contribution in [0.15, 0.2) is 22.7 Å². The highest BCUT2D eigenvalue weighted by atomic mass is 79.9. The molecule has 0 amide bonds. The average Bonchev–Trinajstić information content (AvgIpc) is 2.32. The number of benzene rings is 1. The molecular weight excluding hydrogens is 305 g/mol. The van der Waals surface area contributed by atoms with Gasteiger partial charge in [0.15, 0.2) is 5.69 Å². The molecule has 0 N–H and O–H groups in total. The number of carbonyl (C=O) groups is 1. The minimum absolute atomic E-state index is 0.205. The van der Waals surface area contributed by atoms with Crippen LogP contribution in [0.25, 0.3) is 10.9 Å². The van der Waals surface area contributed by atoms with E-state index in [0.29, 0.717) is 10.5 Å². The van der Waals surface area contributed by atoms with E-state index in [4.69, 9.17) is 11.6 Å². The summed E-state index contributed by atoms with van der Waals surface area (Å²) in [5.74, 6) is -0.498. The van der Waals surface area contributed by atoms with Crippen molar-refractivity contribution in [1.82, 2.24) is 4.98 Å². The lowest BCUT2D eigenvalue weighted by Gasteiger charge is -2.08. The summed E-state index contributed by atoms with van der Waals surface area (Å²) in [5, 5.41) is 1.34. The highest BCUT2D eigenvalue weighted by Crippen LogP contribution is 2.31. The minimum Gasteiger partial charge on any atom is -0.464 e. The van der Waals surface area contributed by atoms with Gasteiger partial charge in [0.25, 0.3) is 0 Å². The third-order valence-corrected chi connectivity index (χ3v) is 3.40. The van der Waals surface area contributed by atoms with Gasteiger partial charge in [-0.2, -0.15) is 0 Å². The summed E-state index contributed by atoms with van der Waals surface area (Å²) in [4.78, 5) is 15.7. The number of rotatable bonds is 1. The van der Waals surface area contributed by atoms with Gasteiger partial charge in [-0.3, -0.25) is 0 Å². The van der Waals surface area contributed by atoms with Crippen LogP contribution < -0.4 is 0 Å². The smallest absolute Gasteiger partial charge is 0.356 e. The third-order valence-electron chi connectivity index (χ3n) is 2.47. The lowest BCUT2D eigenvalue weighted by atomic mass is 10.1. The Hall–Kier alpha value is -1.13. The summed E-state index contributed by atoms with van der Waals surface area (Å²) in [6, 6.07) is 5.34. The van der Waals surface area contributed by atoms with Crippen molar-refractivity contribution in [2.75, 3.05) is 7.11 Å². The van der Waals surface area contributed by atoms with E-state index < -0.39 is 5.97 Å². The zero-order valence-electron chi connectivity index (χ0n) is 9.25. The summed E-state index contributed by atoms with van der Waals surface area (Å²) in [6.45, 7) is 1.94. The first-order valence-corrected chi connectivity index (χ1v) is 6.05. The highest BCUT2D eigenvalue weighted by molar-refractivity contribution is 9.10. The van der Waals surface area contributed by atoms with Gasteiger partial charge in [0, 0.05) is 9.86 Å². The number of pyridine rings is 1. The Labute approximate surface area is 112 Å². The fourth-order valence-electron chi connectivity index (χ4n) is 1.63. The van der Waals surface area contributed by atoms with Crippen molar-refractivity contribution >= 4 is 44.4 Å². The van der Waals surface area contributed by atoms with Crippen molar-refractivity contribution < 1.29 is 9.53 Å². The van der Waals surface area contributed by atoms with Gasteiger partial charge >= 0.3 is 5.97 Å². The van der Waals surface area contributed by atoms with Crippen LogP contribution in [0, 0.1) is 6.92 Å². The van der Waals surface area contributed by atoms with E-state index in [9.17, 15) is 4.79 Å². The Morgan fingerprint density at radius 2 is 2.18 bits per heavy atom. The van der Waals surface area contributed by atoms with Crippen LogP contribution in [-0.2, 0) is 4.74 Å². The van der Waals surface area contributed by atoms with Gasteiger partial charge in [-0.1, -0.05) is 17.7 Å². The number of nitrogens with zero attached hydrogens (tertiary/aromatic N) is 1. The van der Waals surface area contributed by atoms with Gasteiger partial charge in [-0.05, 0) is 40.5 Å². The van der Waals surface area contributed by atoms with Crippen molar-refractivity contribution in [3.63, 3.8) is 0 Å². The van der Waals surface area contributed by atoms with E-state index in [1.165, 1.54) is 13.2 Å². The number of hydrogen-bond donors (Lipinski definition) is 0. The lowest BCUT2D eigenvalue weighted by Crippen LogP contribution is -2.04. The Kier molecular flexibility index (Phi) is 3.35. The van der Waals surface area contributed by atoms with E-state index in [1.807, 2.05) is 19.1 Å². The van der Waals surface area contributed by atoms with Gasteiger partial charge in [-0.15, -0.1) is 0 Å². The fraction of sp³-hybridized carbons (Fsp3) is 0.167. The average molecular weight is 315 g/mol. The van der Waals surface area contributed by atoms with Crippen molar-refractivity contribution in [1.29, 1.82) is 0 Å². The van der Waals surface area contributed by atoms with Gasteiger partial charge in [0.1, 0.15) is 0 Å². The molecule has 0 atom stereocenters. The minimum atomic E-state index is -0.498. The Morgan fingerprint density at radius 1 is 1.47 bits per heavy atom. The molecule has 0 aliphatic heterocycles. The van der Waals surface area contributed by atoms with E-state index in [1.54, 1.807) is 0 Å². The van der Waals surface area contributed by atoms with E-state index >= 15 is 0 Å². The monoisotopic (exact) mass is 313 g/mol. The number of methoxy groups -OCH3 is 1. The van der Waals surface area contributed by atoms with Crippen LogP contribution in [0.5, 0.6) is 0 Å². The van der Waals surface area contributed by atoms with Crippen LogP contribution in [0.4, 0.5) is 0 Å². The molecule has 5 heteroatoms. The molecule has 0 aliphatic carbocycles. The molecule has 88 valence electrons. The molecule has 17 heavy (non-hydrogen) atoms. The zero-order chi connectivity index (χ0) is 12.6. The number of hydrogen-bond acceptors (Lipinski definition) is 3. The largest absolute Gasteiger partial charge is 0.464 e. The van der Waals surface area contributed by atoms with Crippen LogP contribution in [-0.4, -0.2) is 18.1 Å². The van der Waals surface area contributed by atoms with Gasteiger partial charge < -0.3 is 4.74 Å². The van der Waals surface area contributed by atoms with Crippen LogP contribution in [0.3, 0.4) is 0 Å². The van der Waals surface area contributed by atoms with Crippen LogP contribution in [0.2, 0.25) is 5.02 Å². The number of aryl methyl sites for hydroxylation is 1. The second kappa shape index (κ2) is 4.63. The normalized spacial score (nSPS) is 10.6. The van der Waals surface area contributed by atoms with Crippen molar-refractivity contribution in [2.24, 2.45) is 0 Å². The predicted octanol–water partition coefficient (Wildman–Crippen LogP) is 3.75. The summed E-state index contributed by atoms with van der Waals surface area (Å²) < 4.78 is 5.43. The highest BCUT2D eigenvalue weighted by Gasteiger charge is 2.14. The maximum atomic E-state index is 11.4. The van der Waals surface area contributed by atoms with Crippen LogP contribution in [0.1, 0.15) is 16.1 Å². The molecule has 1 aromatic heterocycles. The molecule has 0 radical (unpaired) electrons. The maximum Gasteiger partial charge on any atom is 0.356 e. The summed E-state index contributed by atoms with van der Waals surface area (Å²) in [6.07, 6.45) is 0. The number of aromatic nitrogens is 1.